The molecule has 0 atom stereocenters. The zero-order valence-corrected chi connectivity index (χ0v) is 11.7. The standard InChI is InChI=1S/C18H14FNO2/c19-11-12-4-3-5-13(10-12)20-17-9-8-16(18(21)22)14-6-1-2-7-15(14)17/h1-10,20H,11H2,(H,21,22). The number of halogens is 1. The minimum atomic E-state index is -0.956. The number of carboxylic acid groups (broad SMARTS) is 1. The van der Waals surface area contributed by atoms with Crippen LogP contribution >= 0.6 is 0 Å². The van der Waals surface area contributed by atoms with Gasteiger partial charge in [0, 0.05) is 16.8 Å². The van der Waals surface area contributed by atoms with Crippen molar-refractivity contribution in [1.29, 1.82) is 0 Å². The fourth-order valence-corrected chi connectivity index (χ4v) is 2.48. The molecule has 0 saturated heterocycles. The molecule has 3 rings (SSSR count). The van der Waals surface area contributed by atoms with Crippen molar-refractivity contribution in [3.8, 4) is 0 Å². The first-order chi connectivity index (χ1) is 10.7. The van der Waals surface area contributed by atoms with E-state index in [-0.39, 0.29) is 5.56 Å². The molecule has 2 N–H and O–H groups in total. The van der Waals surface area contributed by atoms with Crippen molar-refractivity contribution in [2.75, 3.05) is 5.32 Å². The number of fused-ring (bicyclic) bond motifs is 1. The molecule has 0 spiro atoms. The maximum Gasteiger partial charge on any atom is 0.336 e. The quantitative estimate of drug-likeness (QED) is 0.730. The van der Waals surface area contributed by atoms with Crippen LogP contribution < -0.4 is 5.32 Å². The summed E-state index contributed by atoms with van der Waals surface area (Å²) in [6.07, 6.45) is 0. The number of hydrogen-bond acceptors (Lipinski definition) is 2. The van der Waals surface area contributed by atoms with Crippen LogP contribution in [0.15, 0.2) is 60.7 Å². The van der Waals surface area contributed by atoms with E-state index in [1.807, 2.05) is 24.3 Å². The van der Waals surface area contributed by atoms with Crippen LogP contribution in [0.5, 0.6) is 0 Å². The van der Waals surface area contributed by atoms with Crippen LogP contribution in [0.4, 0.5) is 15.8 Å². The van der Waals surface area contributed by atoms with E-state index in [0.29, 0.717) is 10.9 Å². The second-order valence-electron chi connectivity index (χ2n) is 4.97. The molecule has 3 aromatic carbocycles. The highest BCUT2D eigenvalue weighted by Crippen LogP contribution is 2.29. The lowest BCUT2D eigenvalue weighted by Gasteiger charge is -2.12. The molecule has 110 valence electrons. The highest BCUT2D eigenvalue weighted by molar-refractivity contribution is 6.08. The van der Waals surface area contributed by atoms with Crippen LogP contribution in [-0.2, 0) is 6.67 Å². The summed E-state index contributed by atoms with van der Waals surface area (Å²) >= 11 is 0. The molecule has 3 aromatic rings. The van der Waals surface area contributed by atoms with E-state index in [2.05, 4.69) is 5.32 Å². The van der Waals surface area contributed by atoms with E-state index in [1.165, 1.54) is 0 Å². The van der Waals surface area contributed by atoms with E-state index < -0.39 is 12.6 Å². The Hall–Kier alpha value is -2.88. The molecule has 0 aromatic heterocycles. The molecule has 0 aliphatic rings. The van der Waals surface area contributed by atoms with Crippen LogP contribution in [0.1, 0.15) is 15.9 Å². The summed E-state index contributed by atoms with van der Waals surface area (Å²) < 4.78 is 12.7. The zero-order chi connectivity index (χ0) is 15.5. The Morgan fingerprint density at radius 3 is 2.50 bits per heavy atom. The van der Waals surface area contributed by atoms with Crippen LogP contribution in [0, 0.1) is 0 Å². The molecule has 0 radical (unpaired) electrons. The van der Waals surface area contributed by atoms with E-state index in [4.69, 9.17) is 0 Å². The molecule has 0 amide bonds. The van der Waals surface area contributed by atoms with Gasteiger partial charge in [0.2, 0.25) is 0 Å². The number of aromatic carboxylic acids is 1. The zero-order valence-electron chi connectivity index (χ0n) is 11.7. The van der Waals surface area contributed by atoms with E-state index >= 15 is 0 Å². The van der Waals surface area contributed by atoms with Gasteiger partial charge in [0.15, 0.2) is 0 Å². The van der Waals surface area contributed by atoms with E-state index in [1.54, 1.807) is 36.4 Å². The number of benzene rings is 3. The lowest BCUT2D eigenvalue weighted by molar-refractivity contribution is 0.0699. The summed E-state index contributed by atoms with van der Waals surface area (Å²) in [7, 11) is 0. The minimum Gasteiger partial charge on any atom is -0.478 e. The Bertz CT molecular complexity index is 845. The molecular weight excluding hydrogens is 281 g/mol. The van der Waals surface area contributed by atoms with Gasteiger partial charge in [-0.25, -0.2) is 9.18 Å². The molecule has 0 bridgehead atoms. The fourth-order valence-electron chi connectivity index (χ4n) is 2.48. The SMILES string of the molecule is O=C(O)c1ccc(Nc2cccc(CF)c2)c2ccccc12. The topological polar surface area (TPSA) is 49.3 Å². The number of carboxylic acids is 1. The monoisotopic (exact) mass is 295 g/mol. The normalized spacial score (nSPS) is 10.6. The molecule has 0 aliphatic heterocycles. The molecular formula is C18H14FNO2. The van der Waals surface area contributed by atoms with Crippen LogP contribution in [-0.4, -0.2) is 11.1 Å². The maximum absolute atomic E-state index is 12.7. The number of hydrogen-bond donors (Lipinski definition) is 2. The summed E-state index contributed by atoms with van der Waals surface area (Å²) in [6, 6.07) is 17.7. The van der Waals surface area contributed by atoms with Crippen molar-refractivity contribution in [3.05, 3.63) is 71.8 Å². The second-order valence-corrected chi connectivity index (χ2v) is 4.97. The molecule has 0 unspecified atom stereocenters. The third kappa shape index (κ3) is 2.63. The first-order valence-corrected chi connectivity index (χ1v) is 6.86. The predicted molar refractivity (Wildman–Crippen MR) is 85.4 cm³/mol. The summed E-state index contributed by atoms with van der Waals surface area (Å²) in [6.45, 7) is -0.520. The maximum atomic E-state index is 12.7. The Kier molecular flexibility index (Phi) is 3.74. The number of anilines is 2. The van der Waals surface area contributed by atoms with Crippen molar-refractivity contribution in [2.45, 2.75) is 6.67 Å². The first kappa shape index (κ1) is 14.1. The van der Waals surface area contributed by atoms with Gasteiger partial charge in [-0.1, -0.05) is 36.4 Å². The van der Waals surface area contributed by atoms with Gasteiger partial charge in [-0.2, -0.15) is 0 Å². The molecule has 4 heteroatoms. The van der Waals surface area contributed by atoms with Crippen molar-refractivity contribution < 1.29 is 14.3 Å². The van der Waals surface area contributed by atoms with Gasteiger partial charge in [0.25, 0.3) is 0 Å². The number of alkyl halides is 1. The largest absolute Gasteiger partial charge is 0.478 e. The van der Waals surface area contributed by atoms with Gasteiger partial charge < -0.3 is 10.4 Å². The molecule has 22 heavy (non-hydrogen) atoms. The van der Waals surface area contributed by atoms with Gasteiger partial charge in [0.1, 0.15) is 6.67 Å². The second kappa shape index (κ2) is 5.85. The van der Waals surface area contributed by atoms with Gasteiger partial charge in [-0.3, -0.25) is 0 Å². The van der Waals surface area contributed by atoms with Gasteiger partial charge in [-0.15, -0.1) is 0 Å². The molecule has 3 nitrogen and oxygen atoms in total. The summed E-state index contributed by atoms with van der Waals surface area (Å²) in [5.41, 5.74) is 2.41. The Morgan fingerprint density at radius 2 is 1.77 bits per heavy atom. The number of rotatable bonds is 4. The third-order valence-electron chi connectivity index (χ3n) is 3.51. The Labute approximate surface area is 127 Å². The Morgan fingerprint density at radius 1 is 1.00 bits per heavy atom. The van der Waals surface area contributed by atoms with Gasteiger partial charge >= 0.3 is 5.97 Å². The molecule has 0 aliphatic carbocycles. The molecule has 0 heterocycles. The predicted octanol–water partition coefficient (Wildman–Crippen LogP) is 4.75. The highest BCUT2D eigenvalue weighted by Gasteiger charge is 2.11. The Balaban J connectivity index is 2.08. The molecule has 0 fully saturated rings. The van der Waals surface area contributed by atoms with Gasteiger partial charge in [-0.05, 0) is 35.2 Å². The summed E-state index contributed by atoms with van der Waals surface area (Å²) in [4.78, 5) is 11.3. The smallest absolute Gasteiger partial charge is 0.336 e. The average Bonchev–Trinajstić information content (AvgIpc) is 2.55. The van der Waals surface area contributed by atoms with Crippen LogP contribution in [0.25, 0.3) is 10.8 Å². The van der Waals surface area contributed by atoms with Crippen molar-refractivity contribution >= 4 is 28.1 Å². The van der Waals surface area contributed by atoms with Crippen LogP contribution in [0.2, 0.25) is 0 Å². The summed E-state index contributed by atoms with van der Waals surface area (Å²) in [5, 5.41) is 14.0. The first-order valence-electron chi connectivity index (χ1n) is 6.86. The number of nitrogens with one attached hydrogen (secondary N) is 1. The van der Waals surface area contributed by atoms with Crippen molar-refractivity contribution in [3.63, 3.8) is 0 Å². The summed E-state index contributed by atoms with van der Waals surface area (Å²) in [5.74, 6) is -0.956. The lowest BCUT2D eigenvalue weighted by atomic mass is 10.0. The van der Waals surface area contributed by atoms with E-state index in [0.717, 1.165) is 16.8 Å². The minimum absolute atomic E-state index is 0.263. The third-order valence-corrected chi connectivity index (χ3v) is 3.51. The molecule has 0 saturated carbocycles. The lowest BCUT2D eigenvalue weighted by Crippen LogP contribution is -1.99. The highest BCUT2D eigenvalue weighted by atomic mass is 19.1. The fraction of sp³-hybridized carbons (Fsp3) is 0.0556. The van der Waals surface area contributed by atoms with Crippen LogP contribution in [0.3, 0.4) is 0 Å². The van der Waals surface area contributed by atoms with Crippen molar-refractivity contribution in [2.24, 2.45) is 0 Å². The van der Waals surface area contributed by atoms with E-state index in [9.17, 15) is 14.3 Å². The number of carbonyl (C=O) groups is 1. The average molecular weight is 295 g/mol. The van der Waals surface area contributed by atoms with Gasteiger partial charge in [0.05, 0.1) is 5.56 Å². The van der Waals surface area contributed by atoms with Crippen molar-refractivity contribution in [1.82, 2.24) is 0 Å².